The fourth-order valence-corrected chi connectivity index (χ4v) is 2.03. The van der Waals surface area contributed by atoms with E-state index < -0.39 is 5.91 Å². The van der Waals surface area contributed by atoms with Crippen LogP contribution in [0.15, 0.2) is 18.2 Å². The van der Waals surface area contributed by atoms with Gasteiger partial charge in [0.15, 0.2) is 0 Å². The molecule has 2 heterocycles. The number of hydrogen-bond donors (Lipinski definition) is 1. The van der Waals surface area contributed by atoms with E-state index in [9.17, 15) is 9.59 Å². The lowest BCUT2D eigenvalue weighted by Gasteiger charge is -2.15. The number of halogens is 1. The predicted octanol–water partition coefficient (Wildman–Crippen LogP) is 0.569. The molecule has 6 heteroatoms. The van der Waals surface area contributed by atoms with E-state index in [1.165, 1.54) is 0 Å². The fourth-order valence-electron chi connectivity index (χ4n) is 1.85. The molecule has 2 amide bonds. The second-order valence-electron chi connectivity index (χ2n) is 4.03. The molecule has 1 aliphatic rings. The van der Waals surface area contributed by atoms with Crippen LogP contribution in [0.1, 0.15) is 12.1 Å². The molecular weight excluding hydrogens is 242 g/mol. The lowest BCUT2D eigenvalue weighted by molar-refractivity contribution is -0.128. The fraction of sp³-hybridized carbons (Fsp3) is 0.364. The molecule has 17 heavy (non-hydrogen) atoms. The zero-order valence-corrected chi connectivity index (χ0v) is 9.85. The minimum absolute atomic E-state index is 0.0735. The van der Waals surface area contributed by atoms with Crippen molar-refractivity contribution < 1.29 is 9.59 Å². The average molecular weight is 254 g/mol. The van der Waals surface area contributed by atoms with E-state index in [1.54, 1.807) is 23.1 Å². The van der Waals surface area contributed by atoms with Gasteiger partial charge in [-0.1, -0.05) is 17.7 Å². The Balaban J connectivity index is 2.05. The van der Waals surface area contributed by atoms with Gasteiger partial charge >= 0.3 is 0 Å². The van der Waals surface area contributed by atoms with Crippen LogP contribution in [0.5, 0.6) is 0 Å². The number of hydrogen-bond acceptors (Lipinski definition) is 3. The molecule has 1 aromatic heterocycles. The summed E-state index contributed by atoms with van der Waals surface area (Å²) in [6, 6.07) is 5.23. The van der Waals surface area contributed by atoms with Crippen LogP contribution in [0.3, 0.4) is 0 Å². The Bertz CT molecular complexity index is 464. The molecule has 5 nitrogen and oxygen atoms in total. The molecule has 2 rings (SSSR count). The predicted molar refractivity (Wildman–Crippen MR) is 62.0 cm³/mol. The number of aromatic nitrogens is 1. The number of primary amides is 1. The highest BCUT2D eigenvalue weighted by Crippen LogP contribution is 2.19. The van der Waals surface area contributed by atoms with Gasteiger partial charge in [0.05, 0.1) is 18.2 Å². The van der Waals surface area contributed by atoms with Crippen LogP contribution in [-0.2, 0) is 16.1 Å². The van der Waals surface area contributed by atoms with Gasteiger partial charge in [0, 0.05) is 13.0 Å². The molecule has 1 aliphatic heterocycles. The first-order valence-corrected chi connectivity index (χ1v) is 5.62. The molecule has 0 spiro atoms. The summed E-state index contributed by atoms with van der Waals surface area (Å²) >= 11 is 5.76. The first-order valence-electron chi connectivity index (χ1n) is 5.25. The minimum Gasteiger partial charge on any atom is -0.369 e. The summed E-state index contributed by atoms with van der Waals surface area (Å²) in [5.41, 5.74) is 5.89. The average Bonchev–Trinajstić information content (AvgIpc) is 2.61. The van der Waals surface area contributed by atoms with Crippen LogP contribution in [0.25, 0.3) is 0 Å². The highest BCUT2D eigenvalue weighted by Gasteiger charge is 2.33. The van der Waals surface area contributed by atoms with Gasteiger partial charge < -0.3 is 10.6 Å². The molecule has 1 unspecified atom stereocenters. The van der Waals surface area contributed by atoms with E-state index >= 15 is 0 Å². The van der Waals surface area contributed by atoms with E-state index in [4.69, 9.17) is 17.3 Å². The third-order valence-corrected chi connectivity index (χ3v) is 2.95. The summed E-state index contributed by atoms with van der Waals surface area (Å²) in [4.78, 5) is 28.3. The van der Waals surface area contributed by atoms with Crippen molar-refractivity contribution >= 4 is 23.4 Å². The highest BCUT2D eigenvalue weighted by molar-refractivity contribution is 6.29. The van der Waals surface area contributed by atoms with E-state index in [-0.39, 0.29) is 18.2 Å². The van der Waals surface area contributed by atoms with Gasteiger partial charge in [0.25, 0.3) is 0 Å². The molecule has 1 saturated heterocycles. The smallest absolute Gasteiger partial charge is 0.223 e. The summed E-state index contributed by atoms with van der Waals surface area (Å²) in [7, 11) is 0. The van der Waals surface area contributed by atoms with Crippen molar-refractivity contribution in [1.82, 2.24) is 9.88 Å². The number of carbonyl (C=O) groups is 2. The van der Waals surface area contributed by atoms with E-state index in [1.807, 2.05) is 0 Å². The molecular formula is C11H12ClN3O2. The molecule has 1 atom stereocenters. The summed E-state index contributed by atoms with van der Waals surface area (Å²) in [6.45, 7) is 0.728. The van der Waals surface area contributed by atoms with Gasteiger partial charge in [-0.25, -0.2) is 4.98 Å². The van der Waals surface area contributed by atoms with Crippen molar-refractivity contribution in [1.29, 1.82) is 0 Å². The van der Waals surface area contributed by atoms with Crippen LogP contribution < -0.4 is 5.73 Å². The largest absolute Gasteiger partial charge is 0.369 e. The Hall–Kier alpha value is -1.62. The topological polar surface area (TPSA) is 76.3 Å². The number of amides is 2. The van der Waals surface area contributed by atoms with Crippen molar-refractivity contribution in [3.8, 4) is 0 Å². The Morgan fingerprint density at radius 1 is 1.59 bits per heavy atom. The molecule has 1 fully saturated rings. The number of rotatable bonds is 3. The lowest BCUT2D eigenvalue weighted by Crippen LogP contribution is -2.28. The maximum Gasteiger partial charge on any atom is 0.223 e. The van der Waals surface area contributed by atoms with Crippen LogP contribution >= 0.6 is 11.6 Å². The van der Waals surface area contributed by atoms with Crippen molar-refractivity contribution in [2.24, 2.45) is 11.7 Å². The number of pyridine rings is 1. The Morgan fingerprint density at radius 2 is 2.35 bits per heavy atom. The van der Waals surface area contributed by atoms with Crippen LogP contribution in [0.4, 0.5) is 0 Å². The van der Waals surface area contributed by atoms with Crippen LogP contribution in [0, 0.1) is 5.92 Å². The zero-order chi connectivity index (χ0) is 12.4. The zero-order valence-electron chi connectivity index (χ0n) is 9.10. The first-order chi connectivity index (χ1) is 8.06. The number of nitrogens with two attached hydrogens (primary N) is 1. The quantitative estimate of drug-likeness (QED) is 0.800. The Morgan fingerprint density at radius 3 is 2.94 bits per heavy atom. The van der Waals surface area contributed by atoms with Gasteiger partial charge in [-0.05, 0) is 12.1 Å². The summed E-state index contributed by atoms with van der Waals surface area (Å²) in [5.74, 6) is -0.892. The van der Waals surface area contributed by atoms with Gasteiger partial charge in [-0.2, -0.15) is 0 Å². The van der Waals surface area contributed by atoms with Gasteiger partial charge in [0.1, 0.15) is 5.15 Å². The standard InChI is InChI=1S/C11H12ClN3O2/c12-9-3-1-2-8(14-9)6-15-5-7(11(13)17)4-10(15)16/h1-3,7H,4-6H2,(H2,13,17). The number of nitrogens with zero attached hydrogens (tertiary/aromatic N) is 2. The third kappa shape index (κ3) is 2.74. The number of carbonyl (C=O) groups excluding carboxylic acids is 2. The van der Waals surface area contributed by atoms with Crippen LogP contribution in [0.2, 0.25) is 5.15 Å². The highest BCUT2D eigenvalue weighted by atomic mass is 35.5. The summed E-state index contributed by atoms with van der Waals surface area (Å²) < 4.78 is 0. The van der Waals surface area contributed by atoms with Crippen molar-refractivity contribution in [3.63, 3.8) is 0 Å². The van der Waals surface area contributed by atoms with E-state index in [0.717, 1.165) is 0 Å². The molecule has 0 aliphatic carbocycles. The molecule has 2 N–H and O–H groups in total. The second-order valence-corrected chi connectivity index (χ2v) is 4.42. The monoisotopic (exact) mass is 253 g/mol. The molecule has 0 aromatic carbocycles. The Labute approximate surface area is 104 Å². The maximum absolute atomic E-state index is 11.6. The van der Waals surface area contributed by atoms with Crippen molar-refractivity contribution in [2.75, 3.05) is 6.54 Å². The maximum atomic E-state index is 11.6. The van der Waals surface area contributed by atoms with E-state index in [2.05, 4.69) is 4.98 Å². The number of likely N-dealkylation sites (tertiary alicyclic amines) is 1. The van der Waals surface area contributed by atoms with Gasteiger partial charge in [0.2, 0.25) is 11.8 Å². The molecule has 1 aromatic rings. The molecule has 0 saturated carbocycles. The first kappa shape index (κ1) is 11.9. The van der Waals surface area contributed by atoms with Crippen molar-refractivity contribution in [2.45, 2.75) is 13.0 Å². The molecule has 0 bridgehead atoms. The third-order valence-electron chi connectivity index (χ3n) is 2.74. The van der Waals surface area contributed by atoms with Gasteiger partial charge in [-0.15, -0.1) is 0 Å². The van der Waals surface area contributed by atoms with Crippen LogP contribution in [-0.4, -0.2) is 28.2 Å². The molecule has 0 radical (unpaired) electrons. The minimum atomic E-state index is -0.431. The summed E-state index contributed by atoms with van der Waals surface area (Å²) in [6.07, 6.45) is 0.190. The Kier molecular flexibility index (Phi) is 3.28. The SMILES string of the molecule is NC(=O)C1CC(=O)N(Cc2cccc(Cl)n2)C1. The second kappa shape index (κ2) is 4.71. The van der Waals surface area contributed by atoms with Gasteiger partial charge in [-0.3, -0.25) is 9.59 Å². The molecule has 90 valence electrons. The van der Waals surface area contributed by atoms with Crippen molar-refractivity contribution in [3.05, 3.63) is 29.0 Å². The normalized spacial score (nSPS) is 19.7. The lowest BCUT2D eigenvalue weighted by atomic mass is 10.1. The summed E-state index contributed by atoms with van der Waals surface area (Å²) in [5, 5.41) is 0.389. The van der Waals surface area contributed by atoms with E-state index in [0.29, 0.717) is 23.9 Å².